The van der Waals surface area contributed by atoms with Gasteiger partial charge in [0.2, 0.25) is 5.91 Å². The lowest BCUT2D eigenvalue weighted by molar-refractivity contribution is -0.115. The summed E-state index contributed by atoms with van der Waals surface area (Å²) >= 11 is 2.17. The Morgan fingerprint density at radius 1 is 1.12 bits per heavy atom. The summed E-state index contributed by atoms with van der Waals surface area (Å²) in [7, 11) is 0. The molecule has 130 valence electrons. The Morgan fingerprint density at radius 2 is 1.80 bits per heavy atom. The number of nitrogens with zero attached hydrogens (tertiary/aromatic N) is 1. The highest BCUT2D eigenvalue weighted by Gasteiger charge is 2.11. The van der Waals surface area contributed by atoms with E-state index >= 15 is 0 Å². The van der Waals surface area contributed by atoms with E-state index in [-0.39, 0.29) is 29.4 Å². The monoisotopic (exact) mass is 453 g/mol. The van der Waals surface area contributed by atoms with E-state index in [0.29, 0.717) is 11.4 Å². The van der Waals surface area contributed by atoms with Crippen LogP contribution in [0.3, 0.4) is 0 Å². The van der Waals surface area contributed by atoms with Crippen molar-refractivity contribution in [3.8, 4) is 11.5 Å². The fourth-order valence-electron chi connectivity index (χ4n) is 1.93. The molecule has 0 unspecified atom stereocenters. The fourth-order valence-corrected chi connectivity index (χ4v) is 2.29. The molecule has 4 N–H and O–H groups in total. The van der Waals surface area contributed by atoms with Crippen LogP contribution in [-0.4, -0.2) is 27.7 Å². The third-order valence-electron chi connectivity index (χ3n) is 3.12. The lowest BCUT2D eigenvalue weighted by Gasteiger charge is -2.06. The highest BCUT2D eigenvalue weighted by Crippen LogP contribution is 2.22. The Morgan fingerprint density at radius 3 is 2.44 bits per heavy atom. The molecule has 0 fully saturated rings. The molecule has 0 aromatic heterocycles. The van der Waals surface area contributed by atoms with Crippen LogP contribution in [0.15, 0.2) is 47.6 Å². The first-order valence-electron chi connectivity index (χ1n) is 7.26. The normalized spacial score (nSPS) is 11.0. The van der Waals surface area contributed by atoms with Crippen molar-refractivity contribution in [2.75, 3.05) is 5.32 Å². The van der Waals surface area contributed by atoms with Crippen molar-refractivity contribution in [1.29, 1.82) is 0 Å². The number of phenolic OH excluding ortho intramolecular Hbond substituents is 2. The zero-order valence-electron chi connectivity index (χ0n) is 13.3. The molecule has 0 atom stereocenters. The van der Waals surface area contributed by atoms with Gasteiger partial charge in [0.05, 0.1) is 12.0 Å². The van der Waals surface area contributed by atoms with Crippen LogP contribution >= 0.6 is 22.6 Å². The fraction of sp³-hybridized carbons (Fsp3) is 0.118. The first kappa shape index (κ1) is 18.7. The number of anilines is 1. The first-order chi connectivity index (χ1) is 11.8. The Balaban J connectivity index is 1.91. The molecule has 0 aliphatic carbocycles. The minimum absolute atomic E-state index is 0.00776. The molecule has 25 heavy (non-hydrogen) atoms. The first-order valence-corrected chi connectivity index (χ1v) is 8.34. The van der Waals surface area contributed by atoms with Gasteiger partial charge in [0, 0.05) is 21.0 Å². The molecule has 0 bridgehead atoms. The van der Waals surface area contributed by atoms with E-state index in [1.807, 2.05) is 12.1 Å². The number of benzene rings is 2. The number of hydrogen-bond acceptors (Lipinski definition) is 5. The average molecular weight is 453 g/mol. The van der Waals surface area contributed by atoms with Crippen molar-refractivity contribution in [3.05, 3.63) is 51.6 Å². The molecule has 2 aromatic carbocycles. The molecule has 8 heteroatoms. The van der Waals surface area contributed by atoms with Crippen LogP contribution in [0.2, 0.25) is 0 Å². The van der Waals surface area contributed by atoms with Crippen molar-refractivity contribution < 1.29 is 19.8 Å². The topological polar surface area (TPSA) is 111 Å². The maximum Gasteiger partial charge on any atom is 0.275 e. The Labute approximate surface area is 157 Å². The maximum absolute atomic E-state index is 11.9. The number of carbonyl (C=O) groups is 2. The molecule has 0 saturated heterocycles. The Bertz CT molecular complexity index is 819. The SMILES string of the molecule is CC(CC(=O)Nc1ccc(I)cc1)=NNC(=O)c1ccc(O)cc1O. The molecule has 0 saturated carbocycles. The Hall–Kier alpha value is -2.62. The second kappa shape index (κ2) is 8.47. The van der Waals surface area contributed by atoms with Crippen LogP contribution in [0.4, 0.5) is 5.69 Å². The summed E-state index contributed by atoms with van der Waals surface area (Å²) < 4.78 is 1.06. The number of amides is 2. The number of hydrogen-bond donors (Lipinski definition) is 4. The van der Waals surface area contributed by atoms with Crippen molar-refractivity contribution >= 4 is 45.8 Å². The highest BCUT2D eigenvalue weighted by atomic mass is 127. The molecule has 0 heterocycles. The smallest absolute Gasteiger partial charge is 0.275 e. The quantitative estimate of drug-likeness (QED) is 0.317. The van der Waals surface area contributed by atoms with Crippen LogP contribution in [0, 0.1) is 3.57 Å². The predicted molar refractivity (Wildman–Crippen MR) is 103 cm³/mol. The van der Waals surface area contributed by atoms with Gasteiger partial charge in [-0.2, -0.15) is 5.10 Å². The number of aromatic hydroxyl groups is 2. The van der Waals surface area contributed by atoms with Gasteiger partial charge in [0.25, 0.3) is 5.91 Å². The van der Waals surface area contributed by atoms with Gasteiger partial charge in [0.15, 0.2) is 0 Å². The van der Waals surface area contributed by atoms with Crippen LogP contribution in [0.25, 0.3) is 0 Å². The molecule has 0 spiro atoms. The standard InChI is InChI=1S/C17H16IN3O4/c1-10(8-16(24)19-12-4-2-11(18)3-5-12)20-21-17(25)14-7-6-13(22)9-15(14)23/h2-7,9,22-23H,8H2,1H3,(H,19,24)(H,21,25). The third-order valence-corrected chi connectivity index (χ3v) is 3.84. The van der Waals surface area contributed by atoms with Gasteiger partial charge < -0.3 is 15.5 Å². The number of phenols is 2. The average Bonchev–Trinajstić information content (AvgIpc) is 2.54. The lowest BCUT2D eigenvalue weighted by atomic mass is 10.2. The number of hydrazone groups is 1. The molecule has 2 amide bonds. The van der Waals surface area contributed by atoms with Crippen molar-refractivity contribution in [3.63, 3.8) is 0 Å². The van der Waals surface area contributed by atoms with E-state index < -0.39 is 5.91 Å². The van der Waals surface area contributed by atoms with Crippen LogP contribution in [-0.2, 0) is 4.79 Å². The molecule has 0 radical (unpaired) electrons. The van der Waals surface area contributed by atoms with Crippen molar-refractivity contribution in [2.45, 2.75) is 13.3 Å². The van der Waals surface area contributed by atoms with Gasteiger partial charge in [0.1, 0.15) is 11.5 Å². The summed E-state index contributed by atoms with van der Waals surface area (Å²) in [5, 5.41) is 25.4. The summed E-state index contributed by atoms with van der Waals surface area (Å²) in [5.74, 6) is -1.41. The second-order valence-corrected chi connectivity index (χ2v) is 6.47. The third kappa shape index (κ3) is 5.75. The van der Waals surface area contributed by atoms with Crippen LogP contribution in [0.5, 0.6) is 11.5 Å². The summed E-state index contributed by atoms with van der Waals surface area (Å²) in [4.78, 5) is 23.9. The van der Waals surface area contributed by atoms with Gasteiger partial charge in [-0.3, -0.25) is 9.59 Å². The largest absolute Gasteiger partial charge is 0.508 e. The minimum Gasteiger partial charge on any atom is -0.508 e. The number of halogens is 1. The van der Waals surface area contributed by atoms with E-state index in [1.165, 1.54) is 12.1 Å². The zero-order valence-corrected chi connectivity index (χ0v) is 15.4. The molecule has 2 rings (SSSR count). The van der Waals surface area contributed by atoms with Gasteiger partial charge in [-0.05, 0) is 65.9 Å². The maximum atomic E-state index is 11.9. The molecular formula is C17H16IN3O4. The molecule has 2 aromatic rings. The molecule has 7 nitrogen and oxygen atoms in total. The van der Waals surface area contributed by atoms with E-state index in [4.69, 9.17) is 0 Å². The van der Waals surface area contributed by atoms with Gasteiger partial charge in [-0.1, -0.05) is 0 Å². The van der Waals surface area contributed by atoms with Crippen molar-refractivity contribution in [1.82, 2.24) is 5.43 Å². The van der Waals surface area contributed by atoms with E-state index in [1.54, 1.807) is 19.1 Å². The minimum atomic E-state index is -0.644. The molecule has 0 aliphatic heterocycles. The second-order valence-electron chi connectivity index (χ2n) is 5.22. The van der Waals surface area contributed by atoms with E-state index in [9.17, 15) is 19.8 Å². The molecular weight excluding hydrogens is 437 g/mol. The van der Waals surface area contributed by atoms with Gasteiger partial charge in [-0.15, -0.1) is 0 Å². The summed E-state index contributed by atoms with van der Waals surface area (Å²) in [5.41, 5.74) is 3.31. The zero-order chi connectivity index (χ0) is 18.4. The number of rotatable bonds is 5. The van der Waals surface area contributed by atoms with E-state index in [0.717, 1.165) is 9.64 Å². The van der Waals surface area contributed by atoms with Gasteiger partial charge >= 0.3 is 0 Å². The van der Waals surface area contributed by atoms with Gasteiger partial charge in [-0.25, -0.2) is 5.43 Å². The number of carbonyl (C=O) groups excluding carboxylic acids is 2. The summed E-state index contributed by atoms with van der Waals surface area (Å²) in [6.45, 7) is 1.60. The highest BCUT2D eigenvalue weighted by molar-refractivity contribution is 14.1. The predicted octanol–water partition coefficient (Wildman–Crippen LogP) is 2.84. The Kier molecular flexibility index (Phi) is 6.34. The molecule has 0 aliphatic rings. The summed E-state index contributed by atoms with van der Waals surface area (Å²) in [6, 6.07) is 10.9. The summed E-state index contributed by atoms with van der Waals surface area (Å²) in [6.07, 6.45) is 0.00776. The van der Waals surface area contributed by atoms with Crippen molar-refractivity contribution in [2.24, 2.45) is 5.10 Å². The van der Waals surface area contributed by atoms with Crippen LogP contribution < -0.4 is 10.7 Å². The lowest BCUT2D eigenvalue weighted by Crippen LogP contribution is -2.21. The number of nitrogens with one attached hydrogen (secondary N) is 2. The van der Waals surface area contributed by atoms with E-state index in [2.05, 4.69) is 38.4 Å². The van der Waals surface area contributed by atoms with Crippen LogP contribution in [0.1, 0.15) is 23.7 Å².